The molecule has 0 atom stereocenters. The summed E-state index contributed by atoms with van der Waals surface area (Å²) in [5.41, 5.74) is 0.970. The lowest BCUT2D eigenvalue weighted by Gasteiger charge is -2.37. The van der Waals surface area contributed by atoms with Crippen LogP contribution < -0.4 is 4.90 Å². The van der Waals surface area contributed by atoms with Crippen LogP contribution in [0.4, 0.5) is 5.69 Å². The Kier molecular flexibility index (Phi) is 1.51. The van der Waals surface area contributed by atoms with Crippen molar-refractivity contribution in [2.45, 2.75) is 6.10 Å². The largest absolute Gasteiger partial charge is 0.389 e. The maximum Gasteiger partial charge on any atom is 0.114 e. The first kappa shape index (κ1) is 6.61. The highest BCUT2D eigenvalue weighted by molar-refractivity contribution is 5.45. The van der Waals surface area contributed by atoms with Gasteiger partial charge in [-0.25, -0.2) is 0 Å². The number of pyridine rings is 1. The van der Waals surface area contributed by atoms with Gasteiger partial charge in [0.05, 0.1) is 11.8 Å². The van der Waals surface area contributed by atoms with Crippen molar-refractivity contribution in [3.05, 3.63) is 24.5 Å². The molecular formula is C8H9N2O. The Labute approximate surface area is 65.3 Å². The fourth-order valence-electron chi connectivity index (χ4n) is 1.15. The van der Waals surface area contributed by atoms with E-state index in [1.165, 1.54) is 0 Å². The molecule has 1 aromatic heterocycles. The van der Waals surface area contributed by atoms with Crippen LogP contribution in [0.2, 0.25) is 0 Å². The Morgan fingerprint density at radius 2 is 2.45 bits per heavy atom. The highest BCUT2D eigenvalue weighted by Gasteiger charge is 2.24. The van der Waals surface area contributed by atoms with E-state index in [-0.39, 0.29) is 6.10 Å². The smallest absolute Gasteiger partial charge is 0.114 e. The van der Waals surface area contributed by atoms with Gasteiger partial charge in [0.2, 0.25) is 0 Å². The first-order valence-electron chi connectivity index (χ1n) is 3.62. The van der Waals surface area contributed by atoms with Crippen LogP contribution in [0.3, 0.4) is 0 Å². The second kappa shape index (κ2) is 2.51. The number of aromatic nitrogens is 1. The zero-order valence-electron chi connectivity index (χ0n) is 6.07. The topological polar surface area (TPSA) is 36.4 Å². The van der Waals surface area contributed by atoms with E-state index in [2.05, 4.69) is 11.2 Å². The van der Waals surface area contributed by atoms with E-state index in [9.17, 15) is 0 Å². The number of aliphatic hydroxyl groups excluding tert-OH is 1. The second-order valence-electron chi connectivity index (χ2n) is 2.69. The van der Waals surface area contributed by atoms with E-state index in [1.54, 1.807) is 6.20 Å². The summed E-state index contributed by atoms with van der Waals surface area (Å²) in [5.74, 6) is 0. The van der Waals surface area contributed by atoms with E-state index in [0.717, 1.165) is 5.69 Å². The summed E-state index contributed by atoms with van der Waals surface area (Å²) < 4.78 is 0. The van der Waals surface area contributed by atoms with Gasteiger partial charge in [-0.1, -0.05) is 0 Å². The van der Waals surface area contributed by atoms with Gasteiger partial charge in [-0.3, -0.25) is 4.98 Å². The van der Waals surface area contributed by atoms with Crippen molar-refractivity contribution in [3.63, 3.8) is 0 Å². The molecule has 1 aromatic rings. The predicted octanol–water partition coefficient (Wildman–Crippen LogP) is 0.0627. The van der Waals surface area contributed by atoms with Gasteiger partial charge in [0, 0.05) is 19.3 Å². The molecule has 1 saturated heterocycles. The fraction of sp³-hybridized carbons (Fsp3) is 0.375. The van der Waals surface area contributed by atoms with Crippen molar-refractivity contribution in [1.29, 1.82) is 0 Å². The third-order valence-corrected chi connectivity index (χ3v) is 1.80. The molecule has 0 amide bonds. The highest BCUT2D eigenvalue weighted by Crippen LogP contribution is 2.17. The number of anilines is 1. The van der Waals surface area contributed by atoms with Gasteiger partial charge >= 0.3 is 0 Å². The molecule has 0 saturated carbocycles. The lowest BCUT2D eigenvalue weighted by atomic mass is 10.1. The minimum atomic E-state index is -0.163. The summed E-state index contributed by atoms with van der Waals surface area (Å²) >= 11 is 0. The van der Waals surface area contributed by atoms with Crippen LogP contribution in [-0.2, 0) is 0 Å². The van der Waals surface area contributed by atoms with Crippen molar-refractivity contribution < 1.29 is 5.11 Å². The summed E-state index contributed by atoms with van der Waals surface area (Å²) in [6, 6.07) is 3.81. The van der Waals surface area contributed by atoms with Crippen molar-refractivity contribution in [2.24, 2.45) is 0 Å². The molecule has 11 heavy (non-hydrogen) atoms. The Morgan fingerprint density at radius 1 is 1.64 bits per heavy atom. The molecular weight excluding hydrogens is 140 g/mol. The molecule has 1 fully saturated rings. The summed E-state index contributed by atoms with van der Waals surface area (Å²) in [7, 11) is 0. The quantitative estimate of drug-likeness (QED) is 0.613. The van der Waals surface area contributed by atoms with E-state index >= 15 is 0 Å². The highest BCUT2D eigenvalue weighted by atomic mass is 16.3. The van der Waals surface area contributed by atoms with Gasteiger partial charge in [0.1, 0.15) is 6.20 Å². The number of aliphatic hydroxyl groups is 1. The average molecular weight is 149 g/mol. The second-order valence-corrected chi connectivity index (χ2v) is 2.69. The molecule has 3 nitrogen and oxygen atoms in total. The van der Waals surface area contributed by atoms with E-state index < -0.39 is 0 Å². The first-order valence-corrected chi connectivity index (χ1v) is 3.62. The minimum absolute atomic E-state index is 0.163. The fourth-order valence-corrected chi connectivity index (χ4v) is 1.15. The number of hydrogen-bond acceptors (Lipinski definition) is 3. The summed E-state index contributed by atoms with van der Waals surface area (Å²) in [6.07, 6.45) is 4.39. The van der Waals surface area contributed by atoms with Crippen LogP contribution in [0.15, 0.2) is 18.3 Å². The van der Waals surface area contributed by atoms with Gasteiger partial charge in [-0.05, 0) is 12.1 Å². The SMILES string of the molecule is OC1CN(c2[c]nccc2)C1. The third-order valence-electron chi connectivity index (χ3n) is 1.80. The predicted molar refractivity (Wildman–Crippen MR) is 41.3 cm³/mol. The van der Waals surface area contributed by atoms with E-state index in [0.29, 0.717) is 13.1 Å². The molecule has 3 heteroatoms. The zero-order valence-corrected chi connectivity index (χ0v) is 6.07. The van der Waals surface area contributed by atoms with Gasteiger partial charge in [0.25, 0.3) is 0 Å². The lowest BCUT2D eigenvalue weighted by Crippen LogP contribution is -2.50. The van der Waals surface area contributed by atoms with Crippen LogP contribution in [-0.4, -0.2) is 29.3 Å². The van der Waals surface area contributed by atoms with Crippen LogP contribution in [0.1, 0.15) is 0 Å². The molecule has 2 rings (SSSR count). The number of hydrogen-bond donors (Lipinski definition) is 1. The molecule has 0 aliphatic carbocycles. The lowest BCUT2D eigenvalue weighted by molar-refractivity contribution is 0.142. The Hall–Kier alpha value is -1.09. The summed E-state index contributed by atoms with van der Waals surface area (Å²) in [5, 5.41) is 9.00. The molecule has 0 aromatic carbocycles. The minimum Gasteiger partial charge on any atom is -0.389 e. The van der Waals surface area contributed by atoms with Gasteiger partial charge in [-0.2, -0.15) is 0 Å². The normalized spacial score (nSPS) is 18.1. The third kappa shape index (κ3) is 1.19. The van der Waals surface area contributed by atoms with E-state index in [1.807, 2.05) is 17.0 Å². The van der Waals surface area contributed by atoms with Gasteiger partial charge in [-0.15, -0.1) is 0 Å². The molecule has 0 unspecified atom stereocenters. The summed E-state index contributed by atoms with van der Waals surface area (Å²) in [4.78, 5) is 5.90. The van der Waals surface area contributed by atoms with Crippen molar-refractivity contribution >= 4 is 5.69 Å². The number of β-amino-alcohol motifs (C(OH)–C–C–N with tert-alkyl or cyclic N) is 1. The van der Waals surface area contributed by atoms with Crippen LogP contribution >= 0.6 is 0 Å². The van der Waals surface area contributed by atoms with Crippen LogP contribution in [0.25, 0.3) is 0 Å². The van der Waals surface area contributed by atoms with Crippen molar-refractivity contribution in [1.82, 2.24) is 4.98 Å². The molecule has 0 spiro atoms. The summed E-state index contributed by atoms with van der Waals surface area (Å²) in [6.45, 7) is 1.42. The Bertz CT molecular complexity index is 231. The molecule has 0 bridgehead atoms. The molecule has 57 valence electrons. The van der Waals surface area contributed by atoms with Crippen molar-refractivity contribution in [3.8, 4) is 0 Å². The van der Waals surface area contributed by atoms with Crippen molar-refractivity contribution in [2.75, 3.05) is 18.0 Å². The maximum absolute atomic E-state index is 9.00. The van der Waals surface area contributed by atoms with Crippen LogP contribution in [0.5, 0.6) is 0 Å². The monoisotopic (exact) mass is 149 g/mol. The number of nitrogens with zero attached hydrogens (tertiary/aromatic N) is 2. The van der Waals surface area contributed by atoms with Gasteiger partial charge < -0.3 is 10.0 Å². The zero-order chi connectivity index (χ0) is 7.68. The van der Waals surface area contributed by atoms with Gasteiger partial charge in [0.15, 0.2) is 0 Å². The van der Waals surface area contributed by atoms with Crippen LogP contribution in [0, 0.1) is 6.20 Å². The molecule has 2 heterocycles. The molecule has 1 aliphatic rings. The number of rotatable bonds is 1. The standard InChI is InChI=1S/C8H9N2O/c11-8-5-10(6-8)7-2-1-3-9-4-7/h1-3,8,11H,5-6H2. The average Bonchev–Trinajstić information content (AvgIpc) is 2.01. The molecule has 1 radical (unpaired) electrons. The van der Waals surface area contributed by atoms with E-state index in [4.69, 9.17) is 5.11 Å². The maximum atomic E-state index is 9.00. The first-order chi connectivity index (χ1) is 5.36. The molecule has 1 aliphatic heterocycles. The molecule has 1 N–H and O–H groups in total. The Balaban J connectivity index is 2.08. The Morgan fingerprint density at radius 3 is 3.00 bits per heavy atom.